The highest BCUT2D eigenvalue weighted by Gasteiger charge is 2.35. The number of anilines is 2. The zero-order valence-electron chi connectivity index (χ0n) is 16.9. The zero-order chi connectivity index (χ0) is 21.4. The molecule has 2 aromatic rings. The summed E-state index contributed by atoms with van der Waals surface area (Å²) in [7, 11) is 0. The molecule has 0 bridgehead atoms. The number of nitrogens with one attached hydrogen (secondary N) is 2. The van der Waals surface area contributed by atoms with Crippen molar-refractivity contribution < 1.29 is 23.9 Å². The van der Waals surface area contributed by atoms with Crippen LogP contribution in [-0.4, -0.2) is 43.5 Å². The Balaban J connectivity index is 1.25. The topological polar surface area (TPSA) is 97.0 Å². The van der Waals surface area contributed by atoms with Crippen LogP contribution in [0.3, 0.4) is 0 Å². The first-order valence-corrected chi connectivity index (χ1v) is 10.5. The van der Waals surface area contributed by atoms with Gasteiger partial charge in [-0.25, -0.2) is 0 Å². The molecular formula is C23H23N3O5. The second-order valence-electron chi connectivity index (χ2n) is 8.05. The highest BCUT2D eigenvalue weighted by Crippen LogP contribution is 2.36. The lowest BCUT2D eigenvalue weighted by Gasteiger charge is -2.22. The van der Waals surface area contributed by atoms with Gasteiger partial charge in [-0.15, -0.1) is 0 Å². The Morgan fingerprint density at radius 1 is 1.00 bits per heavy atom. The Labute approximate surface area is 179 Å². The lowest BCUT2D eigenvalue weighted by Crippen LogP contribution is -2.28. The fourth-order valence-electron chi connectivity index (χ4n) is 3.81. The van der Waals surface area contributed by atoms with Crippen molar-refractivity contribution in [3.63, 3.8) is 0 Å². The predicted molar refractivity (Wildman–Crippen MR) is 113 cm³/mol. The van der Waals surface area contributed by atoms with E-state index in [1.165, 1.54) is 0 Å². The molecule has 2 aliphatic heterocycles. The molecule has 3 amide bonds. The van der Waals surface area contributed by atoms with Crippen molar-refractivity contribution >= 4 is 29.1 Å². The molecule has 8 heteroatoms. The standard InChI is InChI=1S/C23H23N3O5/c27-21-11-15(13-26(21)18-6-7-19-20(12-18)31-9-8-30-19)23(29)25-17-3-1-2-14(10-17)22(28)24-16-4-5-16/h1-3,6-7,10,12,15-16H,4-5,8-9,11,13H2,(H,24,28)(H,25,29). The molecule has 2 N–H and O–H groups in total. The van der Waals surface area contributed by atoms with Gasteiger partial charge in [-0.2, -0.15) is 0 Å². The molecule has 0 spiro atoms. The SMILES string of the molecule is O=C(NC1CC1)c1cccc(NC(=O)C2CC(=O)N(c3ccc4c(c3)OCCO4)C2)c1. The zero-order valence-corrected chi connectivity index (χ0v) is 16.9. The average Bonchev–Trinajstić information content (AvgIpc) is 3.51. The average molecular weight is 421 g/mol. The number of fused-ring (bicyclic) bond motifs is 1. The molecule has 0 aromatic heterocycles. The number of hydrogen-bond acceptors (Lipinski definition) is 5. The maximum atomic E-state index is 12.8. The highest BCUT2D eigenvalue weighted by atomic mass is 16.6. The molecule has 1 aliphatic carbocycles. The van der Waals surface area contributed by atoms with Gasteiger partial charge in [-0.3, -0.25) is 14.4 Å². The van der Waals surface area contributed by atoms with E-state index < -0.39 is 5.92 Å². The van der Waals surface area contributed by atoms with Crippen molar-refractivity contribution in [3.05, 3.63) is 48.0 Å². The molecule has 0 radical (unpaired) electrons. The third-order valence-electron chi connectivity index (χ3n) is 5.64. The molecular weight excluding hydrogens is 398 g/mol. The van der Waals surface area contributed by atoms with Crippen molar-refractivity contribution in [2.45, 2.75) is 25.3 Å². The molecule has 2 heterocycles. The van der Waals surface area contributed by atoms with E-state index in [0.717, 1.165) is 12.8 Å². The van der Waals surface area contributed by atoms with Crippen LogP contribution in [0.4, 0.5) is 11.4 Å². The maximum absolute atomic E-state index is 12.8. The van der Waals surface area contributed by atoms with Crippen molar-refractivity contribution in [1.82, 2.24) is 5.32 Å². The summed E-state index contributed by atoms with van der Waals surface area (Å²) >= 11 is 0. The molecule has 1 saturated carbocycles. The number of hydrogen-bond donors (Lipinski definition) is 2. The van der Waals surface area contributed by atoms with E-state index in [0.29, 0.717) is 41.7 Å². The molecule has 2 fully saturated rings. The minimum atomic E-state index is -0.482. The minimum Gasteiger partial charge on any atom is -0.486 e. The summed E-state index contributed by atoms with van der Waals surface area (Å²) < 4.78 is 11.1. The van der Waals surface area contributed by atoms with E-state index in [1.54, 1.807) is 47.4 Å². The van der Waals surface area contributed by atoms with Crippen molar-refractivity contribution in [1.29, 1.82) is 0 Å². The molecule has 8 nitrogen and oxygen atoms in total. The van der Waals surface area contributed by atoms with E-state index in [9.17, 15) is 14.4 Å². The molecule has 1 atom stereocenters. The number of ether oxygens (including phenoxy) is 2. The monoisotopic (exact) mass is 421 g/mol. The van der Waals surface area contributed by atoms with Gasteiger partial charge in [0.25, 0.3) is 5.91 Å². The molecule has 2 aromatic carbocycles. The van der Waals surface area contributed by atoms with E-state index in [2.05, 4.69) is 10.6 Å². The summed E-state index contributed by atoms with van der Waals surface area (Å²) in [4.78, 5) is 39.2. The third-order valence-corrected chi connectivity index (χ3v) is 5.64. The van der Waals surface area contributed by atoms with Crippen molar-refractivity contribution in [2.24, 2.45) is 5.92 Å². The molecule has 160 valence electrons. The highest BCUT2D eigenvalue weighted by molar-refractivity contribution is 6.04. The smallest absolute Gasteiger partial charge is 0.251 e. The van der Waals surface area contributed by atoms with Crippen LogP contribution in [0.25, 0.3) is 0 Å². The largest absolute Gasteiger partial charge is 0.486 e. The fraction of sp³-hybridized carbons (Fsp3) is 0.348. The minimum absolute atomic E-state index is 0.116. The first-order valence-electron chi connectivity index (χ1n) is 10.5. The Kier molecular flexibility index (Phi) is 4.97. The third kappa shape index (κ3) is 4.19. The van der Waals surface area contributed by atoms with Crippen LogP contribution >= 0.6 is 0 Å². The molecule has 5 rings (SSSR count). The van der Waals surface area contributed by atoms with Crippen LogP contribution in [0.15, 0.2) is 42.5 Å². The first-order chi connectivity index (χ1) is 15.1. The molecule has 31 heavy (non-hydrogen) atoms. The van der Waals surface area contributed by atoms with Crippen molar-refractivity contribution in [2.75, 3.05) is 30.0 Å². The van der Waals surface area contributed by atoms with Crippen LogP contribution in [0.1, 0.15) is 29.6 Å². The summed E-state index contributed by atoms with van der Waals surface area (Å²) in [6.07, 6.45) is 2.15. The van der Waals surface area contributed by atoms with Crippen LogP contribution in [-0.2, 0) is 9.59 Å². The van der Waals surface area contributed by atoms with Crippen LogP contribution in [0.5, 0.6) is 11.5 Å². The van der Waals surface area contributed by atoms with Gasteiger partial charge >= 0.3 is 0 Å². The van der Waals surface area contributed by atoms with Crippen LogP contribution in [0.2, 0.25) is 0 Å². The second kappa shape index (κ2) is 7.94. The van der Waals surface area contributed by atoms with E-state index >= 15 is 0 Å². The summed E-state index contributed by atoms with van der Waals surface area (Å²) in [5.41, 5.74) is 1.73. The normalized spacial score (nSPS) is 19.8. The number of rotatable bonds is 5. The number of amides is 3. The van der Waals surface area contributed by atoms with Gasteiger partial charge in [0, 0.05) is 42.0 Å². The maximum Gasteiger partial charge on any atom is 0.251 e. The van der Waals surface area contributed by atoms with Crippen molar-refractivity contribution in [3.8, 4) is 11.5 Å². The quantitative estimate of drug-likeness (QED) is 0.773. The molecule has 1 unspecified atom stereocenters. The Hall–Kier alpha value is -3.55. The van der Waals surface area contributed by atoms with Crippen LogP contribution in [0, 0.1) is 5.92 Å². The Morgan fingerprint density at radius 2 is 1.81 bits per heavy atom. The lowest BCUT2D eigenvalue weighted by atomic mass is 10.1. The van der Waals surface area contributed by atoms with Gasteiger partial charge in [0.15, 0.2) is 11.5 Å². The van der Waals surface area contributed by atoms with E-state index in [1.807, 2.05) is 0 Å². The summed E-state index contributed by atoms with van der Waals surface area (Å²) in [5, 5.41) is 5.78. The second-order valence-corrected chi connectivity index (χ2v) is 8.05. The fourth-order valence-corrected chi connectivity index (χ4v) is 3.81. The number of carbonyl (C=O) groups excluding carboxylic acids is 3. The Morgan fingerprint density at radius 3 is 2.61 bits per heavy atom. The summed E-state index contributed by atoms with van der Waals surface area (Å²) in [5.74, 6) is 0.277. The predicted octanol–water partition coefficient (Wildman–Crippen LogP) is 2.34. The van der Waals surface area contributed by atoms with Crippen LogP contribution < -0.4 is 25.0 Å². The lowest BCUT2D eigenvalue weighted by molar-refractivity contribution is -0.122. The van der Waals surface area contributed by atoms with Gasteiger partial charge in [-0.1, -0.05) is 6.07 Å². The van der Waals surface area contributed by atoms with Gasteiger partial charge in [-0.05, 0) is 43.2 Å². The number of nitrogens with zero attached hydrogens (tertiary/aromatic N) is 1. The van der Waals surface area contributed by atoms with E-state index in [-0.39, 0.29) is 36.7 Å². The van der Waals surface area contributed by atoms with Gasteiger partial charge in [0.05, 0.1) is 5.92 Å². The Bertz CT molecular complexity index is 1050. The summed E-state index contributed by atoms with van der Waals surface area (Å²) in [6.45, 7) is 1.25. The molecule has 3 aliphatic rings. The summed E-state index contributed by atoms with van der Waals surface area (Å²) in [6, 6.07) is 12.5. The van der Waals surface area contributed by atoms with Gasteiger partial charge in [0.2, 0.25) is 11.8 Å². The van der Waals surface area contributed by atoms with Gasteiger partial charge < -0.3 is 25.0 Å². The number of carbonyl (C=O) groups is 3. The number of benzene rings is 2. The van der Waals surface area contributed by atoms with Gasteiger partial charge in [0.1, 0.15) is 13.2 Å². The molecule has 1 saturated heterocycles. The van der Waals surface area contributed by atoms with E-state index in [4.69, 9.17) is 9.47 Å². The first kappa shape index (κ1) is 19.4.